The van der Waals surface area contributed by atoms with Crippen molar-refractivity contribution < 1.29 is 14.3 Å². The lowest BCUT2D eigenvalue weighted by Crippen LogP contribution is -1.99. The number of unbranched alkanes of at least 4 members (excludes halogenated alkanes) is 2. The van der Waals surface area contributed by atoms with Crippen molar-refractivity contribution in [2.75, 3.05) is 25.7 Å². The Labute approximate surface area is 142 Å². The zero-order valence-electron chi connectivity index (χ0n) is 13.9. The van der Waals surface area contributed by atoms with E-state index in [4.69, 9.17) is 9.47 Å². The van der Waals surface area contributed by atoms with Gasteiger partial charge in [-0.1, -0.05) is 26.7 Å². The highest BCUT2D eigenvalue weighted by molar-refractivity contribution is 8.02. The first-order chi connectivity index (χ1) is 10.7. The maximum Gasteiger partial charge on any atom is 0.175 e. The SMILES string of the molecule is CCCCSc1c(C=O)cc(OC)c(OC)c1SCCCC. The molecule has 0 saturated carbocycles. The summed E-state index contributed by atoms with van der Waals surface area (Å²) in [5.74, 6) is 3.39. The summed E-state index contributed by atoms with van der Waals surface area (Å²) in [6.45, 7) is 4.35. The number of rotatable bonds is 11. The third-order valence-corrected chi connectivity index (χ3v) is 5.75. The molecule has 0 aliphatic carbocycles. The Balaban J connectivity index is 3.23. The van der Waals surface area contributed by atoms with Crippen molar-refractivity contribution in [2.45, 2.75) is 49.3 Å². The summed E-state index contributed by atoms with van der Waals surface area (Å²) in [7, 11) is 3.26. The first-order valence-electron chi connectivity index (χ1n) is 7.73. The summed E-state index contributed by atoms with van der Waals surface area (Å²) >= 11 is 3.50. The Hall–Kier alpha value is -0.810. The summed E-state index contributed by atoms with van der Waals surface area (Å²) < 4.78 is 11.0. The van der Waals surface area contributed by atoms with Crippen LogP contribution in [-0.2, 0) is 0 Å². The quantitative estimate of drug-likeness (QED) is 0.310. The van der Waals surface area contributed by atoms with Gasteiger partial charge in [0.25, 0.3) is 0 Å². The molecule has 0 heterocycles. The molecule has 1 rings (SSSR count). The van der Waals surface area contributed by atoms with Gasteiger partial charge in [-0.05, 0) is 30.4 Å². The predicted octanol–water partition coefficient (Wildman–Crippen LogP) is 5.30. The lowest BCUT2D eigenvalue weighted by molar-refractivity contribution is 0.112. The zero-order valence-corrected chi connectivity index (χ0v) is 15.6. The average molecular weight is 343 g/mol. The lowest BCUT2D eigenvalue weighted by Gasteiger charge is -2.18. The van der Waals surface area contributed by atoms with Gasteiger partial charge < -0.3 is 9.47 Å². The molecule has 0 unspecified atom stereocenters. The number of aldehydes is 1. The largest absolute Gasteiger partial charge is 0.493 e. The van der Waals surface area contributed by atoms with E-state index < -0.39 is 0 Å². The number of thioether (sulfide) groups is 2. The minimum atomic E-state index is 0.628. The van der Waals surface area contributed by atoms with Gasteiger partial charge in [-0.25, -0.2) is 0 Å². The minimum absolute atomic E-state index is 0.628. The van der Waals surface area contributed by atoms with Crippen LogP contribution in [0.2, 0.25) is 0 Å². The molecule has 0 radical (unpaired) electrons. The summed E-state index contributed by atoms with van der Waals surface area (Å²) in [6, 6.07) is 1.78. The highest BCUT2D eigenvalue weighted by Crippen LogP contribution is 2.46. The van der Waals surface area contributed by atoms with Crippen LogP contribution in [0.4, 0.5) is 0 Å². The van der Waals surface area contributed by atoms with Crippen LogP contribution in [-0.4, -0.2) is 32.0 Å². The molecule has 1 aromatic carbocycles. The fourth-order valence-corrected chi connectivity index (χ4v) is 4.66. The van der Waals surface area contributed by atoms with Crippen molar-refractivity contribution in [2.24, 2.45) is 0 Å². The number of hydrogen-bond acceptors (Lipinski definition) is 5. The molecular formula is C17H26O3S2. The van der Waals surface area contributed by atoms with E-state index in [9.17, 15) is 4.79 Å². The Morgan fingerprint density at radius 1 is 1.00 bits per heavy atom. The van der Waals surface area contributed by atoms with Crippen LogP contribution in [0.15, 0.2) is 15.9 Å². The van der Waals surface area contributed by atoms with Crippen molar-refractivity contribution in [3.05, 3.63) is 11.6 Å². The predicted molar refractivity (Wildman–Crippen MR) is 96.2 cm³/mol. The molecular weight excluding hydrogens is 316 g/mol. The van der Waals surface area contributed by atoms with Crippen LogP contribution in [0.1, 0.15) is 49.9 Å². The van der Waals surface area contributed by atoms with Crippen LogP contribution in [0, 0.1) is 0 Å². The van der Waals surface area contributed by atoms with Gasteiger partial charge in [0.2, 0.25) is 0 Å². The third kappa shape index (κ3) is 5.13. The van der Waals surface area contributed by atoms with E-state index >= 15 is 0 Å². The van der Waals surface area contributed by atoms with Gasteiger partial charge in [-0.3, -0.25) is 4.79 Å². The molecule has 1 aromatic rings. The maximum absolute atomic E-state index is 11.5. The molecule has 22 heavy (non-hydrogen) atoms. The van der Waals surface area contributed by atoms with Gasteiger partial charge >= 0.3 is 0 Å². The van der Waals surface area contributed by atoms with Gasteiger partial charge in [0, 0.05) is 10.5 Å². The number of carbonyl (C=O) groups is 1. The number of carbonyl (C=O) groups excluding carboxylic acids is 1. The van der Waals surface area contributed by atoms with Gasteiger partial charge in [0.05, 0.1) is 19.1 Å². The van der Waals surface area contributed by atoms with E-state index in [0.29, 0.717) is 11.3 Å². The smallest absolute Gasteiger partial charge is 0.175 e. The number of methoxy groups -OCH3 is 2. The molecule has 3 nitrogen and oxygen atoms in total. The third-order valence-electron chi connectivity index (χ3n) is 3.22. The molecule has 0 aliphatic rings. The van der Waals surface area contributed by atoms with Gasteiger partial charge in [0.1, 0.15) is 0 Å². The molecule has 0 saturated heterocycles. The molecule has 0 amide bonds. The molecule has 0 atom stereocenters. The summed E-state index contributed by atoms with van der Waals surface area (Å²) in [4.78, 5) is 13.6. The number of benzene rings is 1. The van der Waals surface area contributed by atoms with E-state index in [0.717, 1.165) is 59.0 Å². The van der Waals surface area contributed by atoms with E-state index in [2.05, 4.69) is 13.8 Å². The Bertz CT molecular complexity index is 475. The maximum atomic E-state index is 11.5. The molecule has 124 valence electrons. The standard InChI is InChI=1S/C17H26O3S2/c1-5-7-9-21-16-13(12-18)11-14(19-3)15(20-4)17(16)22-10-8-6-2/h11-12H,5-10H2,1-4H3. The second kappa shape index (κ2) is 10.8. The van der Waals surface area contributed by atoms with Crippen molar-refractivity contribution in [1.82, 2.24) is 0 Å². The zero-order chi connectivity index (χ0) is 16.4. The van der Waals surface area contributed by atoms with Crippen molar-refractivity contribution in [3.8, 4) is 11.5 Å². The van der Waals surface area contributed by atoms with Crippen LogP contribution in [0.5, 0.6) is 11.5 Å². The monoisotopic (exact) mass is 342 g/mol. The fraction of sp³-hybridized carbons (Fsp3) is 0.588. The van der Waals surface area contributed by atoms with Crippen molar-refractivity contribution >= 4 is 29.8 Å². The van der Waals surface area contributed by atoms with Crippen LogP contribution < -0.4 is 9.47 Å². The number of hydrogen-bond donors (Lipinski definition) is 0. The lowest BCUT2D eigenvalue weighted by atomic mass is 10.2. The van der Waals surface area contributed by atoms with Gasteiger partial charge in [-0.15, -0.1) is 23.5 Å². The van der Waals surface area contributed by atoms with Crippen molar-refractivity contribution in [1.29, 1.82) is 0 Å². The first-order valence-corrected chi connectivity index (χ1v) is 9.70. The van der Waals surface area contributed by atoms with Crippen molar-refractivity contribution in [3.63, 3.8) is 0 Å². The molecule has 5 heteroatoms. The molecule has 0 aromatic heterocycles. The van der Waals surface area contributed by atoms with Crippen LogP contribution >= 0.6 is 23.5 Å². The van der Waals surface area contributed by atoms with E-state index in [-0.39, 0.29) is 0 Å². The topological polar surface area (TPSA) is 35.5 Å². The van der Waals surface area contributed by atoms with E-state index in [1.807, 2.05) is 0 Å². The summed E-state index contributed by atoms with van der Waals surface area (Å²) in [5.41, 5.74) is 0.692. The molecule has 0 spiro atoms. The molecule has 0 fully saturated rings. The second-order valence-corrected chi connectivity index (χ2v) is 7.09. The van der Waals surface area contributed by atoms with Gasteiger partial charge in [-0.2, -0.15) is 0 Å². The highest BCUT2D eigenvalue weighted by Gasteiger charge is 2.20. The number of ether oxygens (including phenoxy) is 2. The first kappa shape index (κ1) is 19.2. The molecule has 0 aliphatic heterocycles. The minimum Gasteiger partial charge on any atom is -0.493 e. The molecule has 0 bridgehead atoms. The average Bonchev–Trinajstić information content (AvgIpc) is 2.55. The Kier molecular flexibility index (Phi) is 9.48. The van der Waals surface area contributed by atoms with Crippen LogP contribution in [0.25, 0.3) is 0 Å². The van der Waals surface area contributed by atoms with E-state index in [1.54, 1.807) is 43.8 Å². The van der Waals surface area contributed by atoms with E-state index in [1.165, 1.54) is 0 Å². The van der Waals surface area contributed by atoms with Crippen LogP contribution in [0.3, 0.4) is 0 Å². The normalized spacial score (nSPS) is 10.5. The summed E-state index contributed by atoms with van der Waals surface area (Å²) in [5, 5.41) is 0. The van der Waals surface area contributed by atoms with Gasteiger partial charge in [0.15, 0.2) is 17.8 Å². The molecule has 0 N–H and O–H groups in total. The second-order valence-electron chi connectivity index (χ2n) is 4.88. The highest BCUT2D eigenvalue weighted by atomic mass is 32.2. The Morgan fingerprint density at radius 3 is 2.05 bits per heavy atom. The fourth-order valence-electron chi connectivity index (χ4n) is 1.97. The Morgan fingerprint density at radius 2 is 1.59 bits per heavy atom. The summed E-state index contributed by atoms with van der Waals surface area (Å²) in [6.07, 6.45) is 5.49.